The first-order valence-corrected chi connectivity index (χ1v) is 7.82. The van der Waals surface area contributed by atoms with E-state index in [1.165, 1.54) is 10.7 Å². The second-order valence-electron chi connectivity index (χ2n) is 5.35. The molecule has 6 nitrogen and oxygen atoms in total. The molecule has 0 unspecified atom stereocenters. The minimum absolute atomic E-state index is 0.232. The number of amides is 1. The molecule has 3 rings (SSSR count). The first kappa shape index (κ1) is 16.7. The fourth-order valence-electron chi connectivity index (χ4n) is 2.38. The van der Waals surface area contributed by atoms with Crippen molar-refractivity contribution in [3.8, 4) is 11.3 Å². The van der Waals surface area contributed by atoms with Gasteiger partial charge in [-0.1, -0.05) is 35.9 Å². The maximum Gasteiger partial charge on any atom is 0.409 e. The van der Waals surface area contributed by atoms with Crippen LogP contribution in [0.4, 0.5) is 10.5 Å². The molecule has 0 saturated heterocycles. The zero-order valence-electron chi connectivity index (χ0n) is 13.0. The zero-order chi connectivity index (χ0) is 17.8. The van der Waals surface area contributed by atoms with Crippen LogP contribution in [-0.4, -0.2) is 21.0 Å². The Morgan fingerprint density at radius 1 is 1.12 bits per heavy atom. The second kappa shape index (κ2) is 7.19. The molecule has 7 heteroatoms. The SMILES string of the molecule is O=C(O)Nc1cccc(Cn2nc(-c3ccc(Cl)cc3)ccc2=O)c1. The molecule has 0 fully saturated rings. The second-order valence-corrected chi connectivity index (χ2v) is 5.79. The van der Waals surface area contributed by atoms with Gasteiger partial charge in [0.2, 0.25) is 0 Å². The van der Waals surface area contributed by atoms with E-state index < -0.39 is 6.09 Å². The van der Waals surface area contributed by atoms with E-state index in [1.807, 2.05) is 12.1 Å². The molecule has 0 saturated carbocycles. The summed E-state index contributed by atoms with van der Waals surface area (Å²) in [5.74, 6) is 0. The van der Waals surface area contributed by atoms with Crippen LogP contribution in [0.3, 0.4) is 0 Å². The molecular formula is C18H14ClN3O3. The van der Waals surface area contributed by atoms with Gasteiger partial charge in [0.05, 0.1) is 12.2 Å². The smallest absolute Gasteiger partial charge is 0.409 e. The third kappa shape index (κ3) is 4.24. The van der Waals surface area contributed by atoms with Gasteiger partial charge in [-0.05, 0) is 35.9 Å². The Balaban J connectivity index is 1.90. The lowest BCUT2D eigenvalue weighted by molar-refractivity contribution is 0.210. The van der Waals surface area contributed by atoms with E-state index in [9.17, 15) is 9.59 Å². The molecule has 3 aromatic rings. The quantitative estimate of drug-likeness (QED) is 0.747. The molecule has 0 atom stereocenters. The third-order valence-electron chi connectivity index (χ3n) is 3.52. The summed E-state index contributed by atoms with van der Waals surface area (Å²) < 4.78 is 1.34. The summed E-state index contributed by atoms with van der Waals surface area (Å²) >= 11 is 5.89. The van der Waals surface area contributed by atoms with Crippen LogP contribution in [-0.2, 0) is 6.54 Å². The highest BCUT2D eigenvalue weighted by Gasteiger charge is 2.06. The molecule has 2 N–H and O–H groups in total. The third-order valence-corrected chi connectivity index (χ3v) is 3.77. The van der Waals surface area contributed by atoms with Crippen molar-refractivity contribution in [3.05, 3.63) is 81.6 Å². The van der Waals surface area contributed by atoms with Gasteiger partial charge in [0.15, 0.2) is 0 Å². The zero-order valence-corrected chi connectivity index (χ0v) is 13.8. The number of benzene rings is 2. The molecule has 25 heavy (non-hydrogen) atoms. The highest BCUT2D eigenvalue weighted by molar-refractivity contribution is 6.30. The molecule has 0 radical (unpaired) electrons. The first-order valence-electron chi connectivity index (χ1n) is 7.44. The molecular weight excluding hydrogens is 342 g/mol. The van der Waals surface area contributed by atoms with E-state index in [0.717, 1.165) is 11.1 Å². The molecule has 0 aliphatic heterocycles. The number of nitrogens with zero attached hydrogens (tertiary/aromatic N) is 2. The predicted molar refractivity (Wildman–Crippen MR) is 96.1 cm³/mol. The maximum atomic E-state index is 12.1. The number of hydrogen-bond acceptors (Lipinski definition) is 3. The van der Waals surface area contributed by atoms with E-state index in [2.05, 4.69) is 10.4 Å². The van der Waals surface area contributed by atoms with Crippen LogP contribution in [0.2, 0.25) is 5.02 Å². The minimum Gasteiger partial charge on any atom is -0.465 e. The van der Waals surface area contributed by atoms with Crippen molar-refractivity contribution in [2.75, 3.05) is 5.32 Å². The standard InChI is InChI=1S/C18H14ClN3O3/c19-14-6-4-13(5-7-14)16-8-9-17(23)22(21-16)11-12-2-1-3-15(10-12)20-18(24)25/h1-10,20H,11H2,(H,24,25). The summed E-state index contributed by atoms with van der Waals surface area (Å²) in [6.45, 7) is 0.232. The number of carbonyl (C=O) groups is 1. The summed E-state index contributed by atoms with van der Waals surface area (Å²) in [7, 11) is 0. The lowest BCUT2D eigenvalue weighted by Crippen LogP contribution is -2.22. The topological polar surface area (TPSA) is 84.2 Å². The van der Waals surface area contributed by atoms with Gasteiger partial charge in [-0.25, -0.2) is 9.48 Å². The Kier molecular flexibility index (Phi) is 4.81. The van der Waals surface area contributed by atoms with E-state index in [-0.39, 0.29) is 12.1 Å². The van der Waals surface area contributed by atoms with Crippen LogP contribution < -0.4 is 10.9 Å². The summed E-state index contributed by atoms with van der Waals surface area (Å²) in [5, 5.41) is 16.1. The Bertz CT molecular complexity index is 968. The first-order chi connectivity index (χ1) is 12.0. The summed E-state index contributed by atoms with van der Waals surface area (Å²) in [5.41, 5.74) is 2.45. The fourth-order valence-corrected chi connectivity index (χ4v) is 2.51. The lowest BCUT2D eigenvalue weighted by atomic mass is 10.1. The molecule has 126 valence electrons. The predicted octanol–water partition coefficient (Wildman–Crippen LogP) is 3.70. The Morgan fingerprint density at radius 2 is 1.88 bits per heavy atom. The summed E-state index contributed by atoms with van der Waals surface area (Å²) in [6, 6.07) is 17.1. The highest BCUT2D eigenvalue weighted by Crippen LogP contribution is 2.18. The number of aromatic nitrogens is 2. The number of anilines is 1. The van der Waals surface area contributed by atoms with Crippen molar-refractivity contribution < 1.29 is 9.90 Å². The van der Waals surface area contributed by atoms with E-state index in [0.29, 0.717) is 16.4 Å². The molecule has 0 bridgehead atoms. The number of rotatable bonds is 4. The Hall–Kier alpha value is -3.12. The van der Waals surface area contributed by atoms with Gasteiger partial charge in [-0.15, -0.1) is 0 Å². The average Bonchev–Trinajstić information content (AvgIpc) is 2.57. The van der Waals surface area contributed by atoms with Crippen molar-refractivity contribution in [1.82, 2.24) is 9.78 Å². The average molecular weight is 356 g/mol. The van der Waals surface area contributed by atoms with Crippen LogP contribution in [0.25, 0.3) is 11.3 Å². The Labute approximate surface area is 148 Å². The van der Waals surface area contributed by atoms with Gasteiger partial charge in [-0.3, -0.25) is 10.1 Å². The van der Waals surface area contributed by atoms with Gasteiger partial charge in [0.25, 0.3) is 5.56 Å². The van der Waals surface area contributed by atoms with Gasteiger partial charge in [-0.2, -0.15) is 5.10 Å². The molecule has 1 aromatic heterocycles. The van der Waals surface area contributed by atoms with Crippen LogP contribution in [0.5, 0.6) is 0 Å². The molecule has 0 spiro atoms. The van der Waals surface area contributed by atoms with Crippen LogP contribution in [0.15, 0.2) is 65.5 Å². The number of nitrogens with one attached hydrogen (secondary N) is 1. The lowest BCUT2D eigenvalue weighted by Gasteiger charge is -2.09. The van der Waals surface area contributed by atoms with Crippen LogP contribution in [0, 0.1) is 0 Å². The van der Waals surface area contributed by atoms with E-state index in [1.54, 1.807) is 42.5 Å². The summed E-state index contributed by atoms with van der Waals surface area (Å²) in [6.07, 6.45) is -1.14. The monoisotopic (exact) mass is 355 g/mol. The summed E-state index contributed by atoms with van der Waals surface area (Å²) in [4.78, 5) is 22.8. The van der Waals surface area contributed by atoms with Crippen molar-refractivity contribution in [2.45, 2.75) is 6.54 Å². The minimum atomic E-state index is -1.14. The molecule has 0 aliphatic carbocycles. The van der Waals surface area contributed by atoms with Gasteiger partial charge >= 0.3 is 6.09 Å². The van der Waals surface area contributed by atoms with Crippen LogP contribution in [0.1, 0.15) is 5.56 Å². The molecule has 0 aliphatic rings. The van der Waals surface area contributed by atoms with E-state index in [4.69, 9.17) is 16.7 Å². The van der Waals surface area contributed by atoms with Gasteiger partial charge in [0, 0.05) is 22.3 Å². The van der Waals surface area contributed by atoms with Crippen molar-refractivity contribution in [2.24, 2.45) is 0 Å². The normalized spacial score (nSPS) is 10.4. The van der Waals surface area contributed by atoms with Crippen LogP contribution >= 0.6 is 11.6 Å². The fraction of sp³-hybridized carbons (Fsp3) is 0.0556. The van der Waals surface area contributed by atoms with Crippen molar-refractivity contribution >= 4 is 23.4 Å². The Morgan fingerprint density at radius 3 is 2.60 bits per heavy atom. The van der Waals surface area contributed by atoms with Gasteiger partial charge < -0.3 is 5.11 Å². The van der Waals surface area contributed by atoms with E-state index >= 15 is 0 Å². The van der Waals surface area contributed by atoms with Crippen molar-refractivity contribution in [3.63, 3.8) is 0 Å². The highest BCUT2D eigenvalue weighted by atomic mass is 35.5. The largest absolute Gasteiger partial charge is 0.465 e. The molecule has 1 amide bonds. The molecule has 1 heterocycles. The number of carboxylic acid groups (broad SMARTS) is 1. The maximum absolute atomic E-state index is 12.1. The number of halogens is 1. The molecule has 2 aromatic carbocycles. The van der Waals surface area contributed by atoms with Gasteiger partial charge in [0.1, 0.15) is 0 Å². The number of hydrogen-bond donors (Lipinski definition) is 2. The van der Waals surface area contributed by atoms with Crippen molar-refractivity contribution in [1.29, 1.82) is 0 Å².